The van der Waals surface area contributed by atoms with Crippen LogP contribution in [0.5, 0.6) is 0 Å². The van der Waals surface area contributed by atoms with Crippen molar-refractivity contribution >= 4 is 16.9 Å². The number of hydrogen-bond donors (Lipinski definition) is 0. The Morgan fingerprint density at radius 2 is 1.78 bits per heavy atom. The topological polar surface area (TPSA) is 54.3 Å². The van der Waals surface area contributed by atoms with E-state index in [1.165, 1.54) is 29.7 Å². The number of aromatic nitrogens is 3. The number of fused-ring (bicyclic) bond motifs is 1. The van der Waals surface area contributed by atoms with E-state index in [0.717, 1.165) is 25.7 Å². The van der Waals surface area contributed by atoms with Gasteiger partial charge in [-0.05, 0) is 32.4 Å². The van der Waals surface area contributed by atoms with E-state index in [2.05, 4.69) is 40.1 Å². The molecule has 0 aliphatic carbocycles. The van der Waals surface area contributed by atoms with E-state index in [4.69, 9.17) is 0 Å². The highest BCUT2D eigenvalue weighted by Crippen LogP contribution is 2.36. The summed E-state index contributed by atoms with van der Waals surface area (Å²) in [5, 5.41) is 4.17. The van der Waals surface area contributed by atoms with E-state index < -0.39 is 11.7 Å². The zero-order chi connectivity index (χ0) is 23.0. The fourth-order valence-corrected chi connectivity index (χ4v) is 4.26. The van der Waals surface area contributed by atoms with E-state index in [9.17, 15) is 18.0 Å². The first-order chi connectivity index (χ1) is 15.1. The van der Waals surface area contributed by atoms with Gasteiger partial charge in [-0.15, -0.1) is 0 Å². The van der Waals surface area contributed by atoms with Gasteiger partial charge in [0.1, 0.15) is 6.54 Å². The van der Waals surface area contributed by atoms with E-state index in [0.29, 0.717) is 13.1 Å². The summed E-state index contributed by atoms with van der Waals surface area (Å²) in [4.78, 5) is 21.2. The van der Waals surface area contributed by atoms with Gasteiger partial charge in [0, 0.05) is 38.4 Å². The number of carbonyl (C=O) groups is 1. The summed E-state index contributed by atoms with van der Waals surface area (Å²) in [5.41, 5.74) is 2.25. The van der Waals surface area contributed by atoms with Crippen LogP contribution in [0.4, 0.5) is 13.2 Å². The molecule has 2 aromatic heterocycles. The van der Waals surface area contributed by atoms with Crippen LogP contribution in [0.3, 0.4) is 0 Å². The first kappa shape index (κ1) is 22.3. The molecule has 1 aliphatic heterocycles. The largest absolute Gasteiger partial charge is 0.417 e. The number of pyridine rings is 1. The Balaban J connectivity index is 1.45. The summed E-state index contributed by atoms with van der Waals surface area (Å²) in [6.07, 6.45) is -4.51. The SMILES string of the molecule is Cc1cccc(CN2CCN(C(=O)Cn3nc(C)c4c(C(F)(F)F)cc(C)nc43)CC2)c1. The summed E-state index contributed by atoms with van der Waals surface area (Å²) in [6.45, 7) is 8.42. The normalized spacial score (nSPS) is 15.5. The molecule has 0 bridgehead atoms. The highest BCUT2D eigenvalue weighted by atomic mass is 19.4. The number of carbonyl (C=O) groups excluding carboxylic acids is 1. The van der Waals surface area contributed by atoms with Crippen molar-refractivity contribution in [1.82, 2.24) is 24.6 Å². The van der Waals surface area contributed by atoms with E-state index in [1.807, 2.05) is 6.07 Å². The maximum absolute atomic E-state index is 13.5. The molecule has 32 heavy (non-hydrogen) atoms. The third-order valence-corrected chi connectivity index (χ3v) is 5.81. The number of amides is 1. The van der Waals surface area contributed by atoms with Gasteiger partial charge in [-0.3, -0.25) is 9.69 Å². The second-order valence-corrected chi connectivity index (χ2v) is 8.40. The van der Waals surface area contributed by atoms with E-state index in [-0.39, 0.29) is 34.9 Å². The van der Waals surface area contributed by atoms with Gasteiger partial charge in [0.25, 0.3) is 0 Å². The number of nitrogens with zero attached hydrogens (tertiary/aromatic N) is 5. The summed E-state index contributed by atoms with van der Waals surface area (Å²) < 4.78 is 41.8. The van der Waals surface area contributed by atoms with Gasteiger partial charge in [-0.2, -0.15) is 18.3 Å². The molecule has 0 spiro atoms. The van der Waals surface area contributed by atoms with Gasteiger partial charge < -0.3 is 4.90 Å². The predicted octanol–water partition coefficient (Wildman–Crippen LogP) is 3.72. The average molecular weight is 445 g/mol. The maximum Gasteiger partial charge on any atom is 0.417 e. The lowest BCUT2D eigenvalue weighted by Crippen LogP contribution is -2.49. The fourth-order valence-electron chi connectivity index (χ4n) is 4.26. The van der Waals surface area contributed by atoms with Crippen molar-refractivity contribution in [3.63, 3.8) is 0 Å². The van der Waals surface area contributed by atoms with Crippen LogP contribution < -0.4 is 0 Å². The molecule has 0 radical (unpaired) electrons. The monoisotopic (exact) mass is 445 g/mol. The van der Waals surface area contributed by atoms with Crippen LogP contribution in [0, 0.1) is 20.8 Å². The molecule has 3 aromatic rings. The molecule has 4 rings (SSSR count). The van der Waals surface area contributed by atoms with Crippen LogP contribution in [0.1, 0.15) is 28.1 Å². The highest BCUT2D eigenvalue weighted by Gasteiger charge is 2.35. The van der Waals surface area contributed by atoms with Crippen molar-refractivity contribution in [2.75, 3.05) is 26.2 Å². The molecule has 1 aliphatic rings. The Kier molecular flexibility index (Phi) is 5.94. The number of halogens is 3. The Labute approximate surface area is 184 Å². The van der Waals surface area contributed by atoms with Gasteiger partial charge >= 0.3 is 6.18 Å². The minimum atomic E-state index is -4.51. The van der Waals surface area contributed by atoms with Gasteiger partial charge in [-0.1, -0.05) is 29.8 Å². The van der Waals surface area contributed by atoms with Crippen LogP contribution in [0.15, 0.2) is 30.3 Å². The Morgan fingerprint density at radius 1 is 1.06 bits per heavy atom. The molecule has 170 valence electrons. The number of rotatable bonds is 4. The van der Waals surface area contributed by atoms with Crippen molar-refractivity contribution < 1.29 is 18.0 Å². The lowest BCUT2D eigenvalue weighted by molar-refractivity contribution is -0.136. The van der Waals surface area contributed by atoms with Crippen molar-refractivity contribution in [3.8, 4) is 0 Å². The molecular weight excluding hydrogens is 419 g/mol. The number of hydrogen-bond acceptors (Lipinski definition) is 4. The Hall–Kier alpha value is -2.94. The predicted molar refractivity (Wildman–Crippen MR) is 115 cm³/mol. The third-order valence-electron chi connectivity index (χ3n) is 5.81. The first-order valence-electron chi connectivity index (χ1n) is 10.6. The molecule has 1 saturated heterocycles. The third kappa shape index (κ3) is 4.62. The lowest BCUT2D eigenvalue weighted by atomic mass is 10.1. The summed E-state index contributed by atoms with van der Waals surface area (Å²) in [5.74, 6) is -0.165. The van der Waals surface area contributed by atoms with Crippen molar-refractivity contribution in [1.29, 1.82) is 0 Å². The minimum absolute atomic E-state index is 0.0427. The van der Waals surface area contributed by atoms with Crippen LogP contribution in [-0.4, -0.2) is 56.7 Å². The van der Waals surface area contributed by atoms with Crippen LogP contribution >= 0.6 is 0 Å². The van der Waals surface area contributed by atoms with Crippen LogP contribution in [-0.2, 0) is 24.1 Å². The zero-order valence-electron chi connectivity index (χ0n) is 18.4. The number of benzene rings is 1. The molecule has 9 heteroatoms. The lowest BCUT2D eigenvalue weighted by Gasteiger charge is -2.34. The van der Waals surface area contributed by atoms with Gasteiger partial charge in [-0.25, -0.2) is 9.67 Å². The molecule has 0 N–H and O–H groups in total. The highest BCUT2D eigenvalue weighted by molar-refractivity contribution is 5.85. The molecule has 0 atom stereocenters. The van der Waals surface area contributed by atoms with Gasteiger partial charge in [0.05, 0.1) is 16.6 Å². The second kappa shape index (κ2) is 8.54. The van der Waals surface area contributed by atoms with Crippen molar-refractivity contribution in [2.24, 2.45) is 0 Å². The fraction of sp³-hybridized carbons (Fsp3) is 0.435. The van der Waals surface area contributed by atoms with Gasteiger partial charge in [0.2, 0.25) is 5.91 Å². The van der Waals surface area contributed by atoms with E-state index in [1.54, 1.807) is 4.90 Å². The maximum atomic E-state index is 13.5. The van der Waals surface area contributed by atoms with Crippen molar-refractivity contribution in [2.45, 2.75) is 40.0 Å². The Bertz CT molecular complexity index is 1150. The van der Waals surface area contributed by atoms with Gasteiger partial charge in [0.15, 0.2) is 5.65 Å². The molecule has 1 fully saturated rings. The number of piperazine rings is 1. The average Bonchev–Trinajstić information content (AvgIpc) is 3.02. The first-order valence-corrected chi connectivity index (χ1v) is 10.6. The van der Waals surface area contributed by atoms with Crippen LogP contribution in [0.2, 0.25) is 0 Å². The Morgan fingerprint density at radius 3 is 2.44 bits per heavy atom. The molecular formula is C23H26F3N5O. The molecule has 1 aromatic carbocycles. The number of alkyl halides is 3. The summed E-state index contributed by atoms with van der Waals surface area (Å²) >= 11 is 0. The number of aryl methyl sites for hydroxylation is 3. The van der Waals surface area contributed by atoms with E-state index >= 15 is 0 Å². The molecule has 3 heterocycles. The van der Waals surface area contributed by atoms with Crippen LogP contribution in [0.25, 0.3) is 11.0 Å². The van der Waals surface area contributed by atoms with Crippen molar-refractivity contribution in [3.05, 3.63) is 58.4 Å². The molecule has 1 amide bonds. The minimum Gasteiger partial charge on any atom is -0.339 e. The second-order valence-electron chi connectivity index (χ2n) is 8.40. The molecule has 0 saturated carbocycles. The standard InChI is InChI=1S/C23H26F3N5O/c1-15-5-4-6-18(11-15)13-29-7-9-30(10-8-29)20(32)14-31-22-21(17(3)28-31)19(23(24,25)26)12-16(2)27-22/h4-6,11-12H,7-10,13-14H2,1-3H3. The smallest absolute Gasteiger partial charge is 0.339 e. The summed E-state index contributed by atoms with van der Waals surface area (Å²) in [6, 6.07) is 9.39. The quantitative estimate of drug-likeness (QED) is 0.614. The summed E-state index contributed by atoms with van der Waals surface area (Å²) in [7, 11) is 0. The molecule has 0 unspecified atom stereocenters. The zero-order valence-corrected chi connectivity index (χ0v) is 18.4. The molecule has 6 nitrogen and oxygen atoms in total.